The molecule has 0 saturated heterocycles. The van der Waals surface area contributed by atoms with Crippen LogP contribution in [0.2, 0.25) is 5.28 Å². The molecule has 43 nitrogen and oxygen atoms in total. The summed E-state index contributed by atoms with van der Waals surface area (Å²) in [6.45, 7) is 22.5. The molecule has 2 aliphatic heterocycles. The Morgan fingerprint density at radius 2 is 0.839 bits per heavy atom. The van der Waals surface area contributed by atoms with Crippen LogP contribution in [-0.4, -0.2) is 203 Å². The van der Waals surface area contributed by atoms with Crippen molar-refractivity contribution in [1.29, 1.82) is 0 Å². The molecule has 5 aromatic carbocycles. The van der Waals surface area contributed by atoms with E-state index in [1.54, 1.807) is 55.6 Å². The number of halogens is 5. The van der Waals surface area contributed by atoms with Gasteiger partial charge in [-0.25, -0.2) is 30.8 Å². The van der Waals surface area contributed by atoms with Crippen molar-refractivity contribution in [1.82, 2.24) is 56.1 Å². The molecule has 15 N–H and O–H groups in total. The minimum Gasteiger partial charge on any atom is -1.00 e. The molecular weight excluding hydrogens is 2170 g/mol. The zero-order valence-electron chi connectivity index (χ0n) is 84.0. The van der Waals surface area contributed by atoms with Gasteiger partial charge in [0.05, 0.1) is 61.9 Å². The fourth-order valence-electron chi connectivity index (χ4n) is 9.84. The van der Waals surface area contributed by atoms with Crippen LogP contribution in [0, 0.1) is 39.9 Å². The van der Waals surface area contributed by atoms with Crippen LogP contribution in [0.25, 0.3) is 0 Å². The first-order chi connectivity index (χ1) is 66.5. The number of benzene rings is 5. The number of carbonyl (C=O) groups is 8. The van der Waals surface area contributed by atoms with Gasteiger partial charge < -0.3 is 79.3 Å². The number of ether oxygens (including phenoxy) is 3. The van der Waals surface area contributed by atoms with E-state index in [4.69, 9.17) is 95.5 Å². The largest absolute Gasteiger partial charge is 1.00 e. The van der Waals surface area contributed by atoms with Crippen LogP contribution in [0.5, 0.6) is 0 Å². The summed E-state index contributed by atoms with van der Waals surface area (Å²) in [5, 5.41) is 33.9. The van der Waals surface area contributed by atoms with Gasteiger partial charge in [0.15, 0.2) is 0 Å². The van der Waals surface area contributed by atoms with E-state index in [-0.39, 0.29) is 207 Å². The number of hydroxylamine groups is 9. The molecule has 143 heavy (non-hydrogen) atoms. The maximum atomic E-state index is 11.8. The van der Waals surface area contributed by atoms with Gasteiger partial charge in [0.1, 0.15) is 19.8 Å². The van der Waals surface area contributed by atoms with E-state index >= 15 is 0 Å². The van der Waals surface area contributed by atoms with Crippen molar-refractivity contribution in [3.8, 4) is 0 Å². The molecule has 791 valence electrons. The van der Waals surface area contributed by atoms with Crippen LogP contribution in [-0.2, 0) is 102 Å². The Morgan fingerprint density at radius 3 is 1.16 bits per heavy atom. The molecule has 7 aromatic rings. The molecule has 4 heterocycles. The normalized spacial score (nSPS) is 13.3. The second-order valence-corrected chi connectivity index (χ2v) is 32.7. The summed E-state index contributed by atoms with van der Waals surface area (Å²) in [5.41, 5.74) is 8.37. The summed E-state index contributed by atoms with van der Waals surface area (Å²) in [5.74, 6) is 17.6. The van der Waals surface area contributed by atoms with Crippen LogP contribution in [0.1, 0.15) is 217 Å². The monoisotopic (exact) mass is 2310 g/mol. The summed E-state index contributed by atoms with van der Waals surface area (Å²) in [4.78, 5) is 146. The first-order valence-corrected chi connectivity index (χ1v) is 48.5. The number of amides is 6. The number of anilines is 5. The first kappa shape index (κ1) is 143. The minimum atomic E-state index is -4.67. The molecule has 6 amide bonds. The number of nitrogens with two attached hydrogens (primary N) is 3. The van der Waals surface area contributed by atoms with E-state index in [1.807, 2.05) is 112 Å². The van der Waals surface area contributed by atoms with Crippen molar-refractivity contribution in [2.24, 2.45) is 53.1 Å². The third-order valence-electron chi connectivity index (χ3n) is 18.1. The average Bonchev–Trinajstić information content (AvgIpc) is 1.63. The Bertz CT molecular complexity index is 4550. The SMILES string of the molecule is CC.CCCNc1nc(Cl)nc(NCCC)n1.CCCNc1nc(NCCC)nc(N(C)OCC2CC2)n1.CC[CH-]I.CN(OCC1CC1)C(=O)OCc1ccccc1.CNOCC1CC1.Cl.Cl.NN.NOCC1CC1.O=C(Cl)OCc1ccccc1.O=C(NOCC1CC1)OCc1ccccc1.O=C1c2ccccc2C(=O)N1O.O=C1c2ccccc2C(=O)N1OCC1CC1.O=CO[O-].O=S(=O)(O)O.[H-].[K+].[K+].[V]. The Balaban J connectivity index is -0.000000497. The quantitative estimate of drug-likeness (QED) is 0.00139. The number of nitrogens with one attached hydrogen (secondary N) is 6. The van der Waals surface area contributed by atoms with Gasteiger partial charge in [-0.3, -0.25) is 73.7 Å². The average molecular weight is 2310 g/mol. The van der Waals surface area contributed by atoms with Crippen molar-refractivity contribution in [3.63, 3.8) is 0 Å². The molecule has 0 atom stereocenters. The standard InChI is InChI=1S/C14H26N6O.C13H17NO3.C12H11NO3.C12H15NO3.C9H16ClN5.C8H7ClO2.C8H5NO3.C5H11NO.C4H9NO.C3H6I.C2H6.CH2O3.2ClH.2K.H4N2.H2O4S.V.H/c1-4-8-15-12-17-13(16-9-5-2)19-14(18-12)20(3)21-10-11-6-7-11;1-14(17-10-12-7-8-12)13(15)16-9-11-5-3-2-4-6-11;14-11-9-3-1-2-4-10(9)12(15)13(11)16-7-8-5-6-8;14-12(13-16-9-11-6-7-11)15-8-10-4-2-1-3-5-10;1-3-5-11-8-13-7(10)14-9(15-8)12-6-4-2;9-8(10)11-6-7-4-2-1-3-5-7;10-7-5-3-1-2-4-6(5)8(11)9(7)12;1-6-7-4-5-2-3-5;5-6-3-4-1-2-4;1-2-3-4;1-2;2-1-4-3;;;;;1-2;1-5(2,3)4;;/h11H,4-10H2,1-3H3,(H2,15,16,17,18,19);2-6,12H,7-10H2,1H3;1-4,8H,5-7H2;1-5,11H,6-9H2,(H,13,14);3-6H2,1-2H3,(H2,11,12,13,14,15);1-5H,6H2;1-4,12H;5-6H,2-4H2,1H3;4H,1-3,5H2;3H,2H2,1H3;1-2H3;1,3H;2*1H;;;1-2H2;(H2,1,2,3,4);;/q;;;;;;;;;-1;;;;;2*+1;;;;-1/p-1. The number of aromatic nitrogens is 6. The van der Waals surface area contributed by atoms with E-state index in [9.17, 15) is 33.6 Å². The summed E-state index contributed by atoms with van der Waals surface area (Å²) >= 11 is 13.0. The van der Waals surface area contributed by atoms with E-state index in [1.165, 1.54) is 87.8 Å². The fourth-order valence-corrected chi connectivity index (χ4v) is 10.1. The predicted molar refractivity (Wildman–Crippen MR) is 541 cm³/mol. The molecule has 0 unspecified atom stereocenters. The third kappa shape index (κ3) is 72.9. The Morgan fingerprint density at radius 1 is 0.531 bits per heavy atom. The molecular formula is C91H139Cl4IK2N19O24SV-. The molecule has 6 aliphatic carbocycles. The summed E-state index contributed by atoms with van der Waals surface area (Å²) < 4.78 is 48.3. The number of rotatable bonds is 38. The Kier molecular flexibility index (Phi) is 89.1. The summed E-state index contributed by atoms with van der Waals surface area (Å²) in [6, 6.07) is 41.6. The summed E-state index contributed by atoms with van der Waals surface area (Å²) in [7, 11) is 0.545. The van der Waals surface area contributed by atoms with Crippen LogP contribution in [0.4, 0.5) is 44.1 Å². The van der Waals surface area contributed by atoms with Crippen molar-refractivity contribution >= 4 is 158 Å². The number of imide groups is 2. The number of fused-ring (bicyclic) bond motifs is 2. The number of carbonyl (C=O) groups excluding carboxylic acids is 8. The van der Waals surface area contributed by atoms with Gasteiger partial charge in [-0.15, -0.1) is 34.9 Å². The zero-order chi connectivity index (χ0) is 102. The van der Waals surface area contributed by atoms with Gasteiger partial charge in [0, 0.05) is 77.5 Å². The number of nitrogens with zero attached hydrogens (tertiary/aromatic N) is 10. The molecule has 15 rings (SSSR count). The smallest absolute Gasteiger partial charge is 1.00 e. The number of hydrogen-bond donors (Lipinski definition) is 12. The van der Waals surface area contributed by atoms with Gasteiger partial charge in [-0.1, -0.05) is 164 Å². The Hall–Kier alpha value is -5.98. The van der Waals surface area contributed by atoms with Crippen molar-refractivity contribution in [2.75, 3.05) is 113 Å². The predicted octanol–water partition coefficient (Wildman–Crippen LogP) is 9.59. The minimum absolute atomic E-state index is 0. The Labute approximate surface area is 972 Å². The van der Waals surface area contributed by atoms with E-state index in [0.29, 0.717) is 84.4 Å². The molecule has 8 aliphatic rings. The maximum absolute atomic E-state index is 11.8. The third-order valence-corrected chi connectivity index (χ3v) is 19.3. The zero-order valence-corrected chi connectivity index (χ0v) is 96.8. The first-order valence-electron chi connectivity index (χ1n) is 45.1. The van der Waals surface area contributed by atoms with Crippen LogP contribution < -0.4 is 163 Å². The van der Waals surface area contributed by atoms with Gasteiger partial charge in [-0.2, -0.15) is 55.3 Å². The number of hydrogen-bond acceptors (Lipinski definition) is 37. The fraction of sp³-hybridized carbons (Fsp3) is 0.505. The molecule has 2 aromatic heterocycles. The van der Waals surface area contributed by atoms with Crippen molar-refractivity contribution in [3.05, 3.63) is 188 Å². The van der Waals surface area contributed by atoms with E-state index in [2.05, 4.69) is 150 Å². The topological polar surface area (TPSA) is 587 Å². The van der Waals surface area contributed by atoms with Gasteiger partial charge in [0.25, 0.3) is 36.0 Å². The van der Waals surface area contributed by atoms with Gasteiger partial charge >= 0.3 is 131 Å². The molecule has 0 spiro atoms. The molecule has 6 saturated carbocycles. The van der Waals surface area contributed by atoms with Crippen LogP contribution >= 0.6 is 70.6 Å². The molecule has 0 bridgehead atoms. The van der Waals surface area contributed by atoms with Crippen LogP contribution in [0.15, 0.2) is 140 Å². The summed E-state index contributed by atoms with van der Waals surface area (Å²) in [6.07, 6.45) is 19.2. The number of hydrazine groups is 1. The van der Waals surface area contributed by atoms with Crippen molar-refractivity contribution < 1.29 is 237 Å². The van der Waals surface area contributed by atoms with Crippen LogP contribution in [0.3, 0.4) is 0 Å². The second-order valence-electron chi connectivity index (χ2n) is 30.3. The molecule has 1 radical (unpaired) electrons. The molecule has 52 heteroatoms. The van der Waals surface area contributed by atoms with Gasteiger partial charge in [0.2, 0.25) is 29.1 Å². The second kappa shape index (κ2) is 88.9. The maximum Gasteiger partial charge on any atom is 1.00 e. The van der Waals surface area contributed by atoms with E-state index < -0.39 is 39.8 Å². The van der Waals surface area contributed by atoms with E-state index in [0.717, 1.165) is 118 Å². The van der Waals surface area contributed by atoms with Gasteiger partial charge in [-0.05, 0) is 191 Å². The van der Waals surface area contributed by atoms with Crippen molar-refractivity contribution in [2.45, 2.75) is 177 Å². The molecule has 6 fully saturated rings.